The minimum Gasteiger partial charge on any atom is -0.325 e. The molecular formula is C9H21N. The molecule has 0 saturated heterocycles. The molecule has 10 heavy (non-hydrogen) atoms. The van der Waals surface area contributed by atoms with Gasteiger partial charge in [-0.05, 0) is 25.7 Å². The van der Waals surface area contributed by atoms with E-state index in [0.29, 0.717) is 0 Å². The van der Waals surface area contributed by atoms with Gasteiger partial charge >= 0.3 is 0 Å². The first-order valence-electron chi connectivity index (χ1n) is 4.27. The van der Waals surface area contributed by atoms with Crippen molar-refractivity contribution in [3.8, 4) is 0 Å². The van der Waals surface area contributed by atoms with E-state index < -0.39 is 0 Å². The molecule has 0 aromatic rings. The van der Waals surface area contributed by atoms with Gasteiger partial charge in [0, 0.05) is 5.54 Å². The lowest BCUT2D eigenvalue weighted by atomic mass is 9.88. The van der Waals surface area contributed by atoms with Crippen LogP contribution >= 0.6 is 0 Å². The number of rotatable bonds is 4. The van der Waals surface area contributed by atoms with Crippen molar-refractivity contribution in [2.24, 2.45) is 11.7 Å². The molecule has 0 aliphatic heterocycles. The molecule has 0 rings (SSSR count). The Hall–Kier alpha value is -0.0400. The highest BCUT2D eigenvalue weighted by Gasteiger charge is 2.17. The first-order valence-corrected chi connectivity index (χ1v) is 4.27. The van der Waals surface area contributed by atoms with Crippen molar-refractivity contribution in [1.29, 1.82) is 0 Å². The lowest BCUT2D eigenvalue weighted by Crippen LogP contribution is -2.37. The van der Waals surface area contributed by atoms with E-state index in [-0.39, 0.29) is 5.54 Å². The van der Waals surface area contributed by atoms with Crippen LogP contribution < -0.4 is 5.73 Å². The monoisotopic (exact) mass is 143 g/mol. The normalized spacial score (nSPS) is 17.4. The number of hydrogen-bond acceptors (Lipinski definition) is 1. The second-order valence-electron chi connectivity index (χ2n) is 4.00. The van der Waals surface area contributed by atoms with E-state index in [9.17, 15) is 0 Å². The zero-order valence-electron chi connectivity index (χ0n) is 7.78. The summed E-state index contributed by atoms with van der Waals surface area (Å²) in [5, 5.41) is 0. The average Bonchev–Trinajstić information content (AvgIpc) is 1.59. The molecule has 0 aromatic heterocycles. The van der Waals surface area contributed by atoms with Crippen molar-refractivity contribution < 1.29 is 0 Å². The van der Waals surface area contributed by atoms with E-state index >= 15 is 0 Å². The average molecular weight is 143 g/mol. The molecule has 0 amide bonds. The van der Waals surface area contributed by atoms with Crippen molar-refractivity contribution in [3.05, 3.63) is 0 Å². The topological polar surface area (TPSA) is 26.0 Å². The highest BCUT2D eigenvalue weighted by atomic mass is 14.7. The molecule has 1 heteroatoms. The molecule has 2 N–H and O–H groups in total. The molecule has 62 valence electrons. The molecule has 1 unspecified atom stereocenters. The summed E-state index contributed by atoms with van der Waals surface area (Å²) in [5.74, 6) is 0.724. The van der Waals surface area contributed by atoms with Gasteiger partial charge in [-0.1, -0.05) is 27.2 Å². The molecule has 0 aliphatic carbocycles. The van der Waals surface area contributed by atoms with Gasteiger partial charge in [-0.2, -0.15) is 0 Å². The molecule has 1 nitrogen and oxygen atoms in total. The molecule has 0 aliphatic rings. The summed E-state index contributed by atoms with van der Waals surface area (Å²) in [6, 6.07) is 0. The minimum absolute atomic E-state index is 0.0723. The van der Waals surface area contributed by atoms with Crippen molar-refractivity contribution in [1.82, 2.24) is 0 Å². The summed E-state index contributed by atoms with van der Waals surface area (Å²) in [7, 11) is 0. The second kappa shape index (κ2) is 3.97. The Morgan fingerprint density at radius 2 is 1.90 bits per heavy atom. The largest absolute Gasteiger partial charge is 0.325 e. The third kappa shape index (κ3) is 4.80. The predicted molar refractivity (Wildman–Crippen MR) is 47.0 cm³/mol. The van der Waals surface area contributed by atoms with Crippen LogP contribution in [0.3, 0.4) is 0 Å². The van der Waals surface area contributed by atoms with Gasteiger partial charge in [0.05, 0.1) is 0 Å². The van der Waals surface area contributed by atoms with Crippen molar-refractivity contribution in [3.63, 3.8) is 0 Å². The van der Waals surface area contributed by atoms with E-state index in [1.165, 1.54) is 6.42 Å². The lowest BCUT2D eigenvalue weighted by molar-refractivity contribution is 0.344. The van der Waals surface area contributed by atoms with Gasteiger partial charge in [0.2, 0.25) is 0 Å². The fourth-order valence-electron chi connectivity index (χ4n) is 1.61. The lowest BCUT2D eigenvalue weighted by Gasteiger charge is -2.25. The first kappa shape index (κ1) is 9.96. The smallest absolute Gasteiger partial charge is 0.0128 e. The molecular weight excluding hydrogens is 122 g/mol. The molecule has 0 spiro atoms. The Bertz CT molecular complexity index is 84.7. The predicted octanol–water partition coefficient (Wildman–Crippen LogP) is 2.55. The molecule has 0 bridgehead atoms. The molecule has 1 atom stereocenters. The van der Waals surface area contributed by atoms with E-state index in [4.69, 9.17) is 5.73 Å². The summed E-state index contributed by atoms with van der Waals surface area (Å²) in [6.45, 7) is 8.78. The minimum atomic E-state index is 0.0723. The van der Waals surface area contributed by atoms with E-state index in [2.05, 4.69) is 27.7 Å². The summed E-state index contributed by atoms with van der Waals surface area (Å²) >= 11 is 0. The third-order valence-electron chi connectivity index (χ3n) is 1.70. The van der Waals surface area contributed by atoms with Gasteiger partial charge in [-0.15, -0.1) is 0 Å². The second-order valence-corrected chi connectivity index (χ2v) is 4.00. The third-order valence-corrected chi connectivity index (χ3v) is 1.70. The zero-order chi connectivity index (χ0) is 8.20. The van der Waals surface area contributed by atoms with Crippen molar-refractivity contribution in [2.45, 2.75) is 52.5 Å². The summed E-state index contributed by atoms with van der Waals surface area (Å²) < 4.78 is 0. The van der Waals surface area contributed by atoms with Gasteiger partial charge in [-0.25, -0.2) is 0 Å². The van der Waals surface area contributed by atoms with Crippen LogP contribution in [0.4, 0.5) is 0 Å². The Labute approximate surface area is 65.0 Å². The molecule has 0 aromatic carbocycles. The van der Waals surface area contributed by atoms with Crippen LogP contribution in [0.1, 0.15) is 47.0 Å². The van der Waals surface area contributed by atoms with Crippen molar-refractivity contribution in [2.75, 3.05) is 0 Å². The van der Waals surface area contributed by atoms with Gasteiger partial charge in [-0.3, -0.25) is 0 Å². The van der Waals surface area contributed by atoms with E-state index in [0.717, 1.165) is 18.8 Å². The van der Waals surface area contributed by atoms with Crippen molar-refractivity contribution >= 4 is 0 Å². The van der Waals surface area contributed by atoms with Crippen LogP contribution in [0.25, 0.3) is 0 Å². The summed E-state index contributed by atoms with van der Waals surface area (Å²) in [5.41, 5.74) is 6.10. The number of nitrogens with two attached hydrogens (primary N) is 1. The quantitative estimate of drug-likeness (QED) is 0.643. The highest BCUT2D eigenvalue weighted by Crippen LogP contribution is 2.18. The maximum absolute atomic E-state index is 6.03. The van der Waals surface area contributed by atoms with Crippen LogP contribution in [0, 0.1) is 5.92 Å². The highest BCUT2D eigenvalue weighted by molar-refractivity contribution is 4.78. The zero-order valence-corrected chi connectivity index (χ0v) is 7.78. The molecule has 0 heterocycles. The van der Waals surface area contributed by atoms with Crippen LogP contribution in [0.2, 0.25) is 0 Å². The van der Waals surface area contributed by atoms with Gasteiger partial charge in [0.25, 0.3) is 0 Å². The van der Waals surface area contributed by atoms with E-state index in [1.807, 2.05) is 0 Å². The van der Waals surface area contributed by atoms with Gasteiger partial charge in [0.15, 0.2) is 0 Å². The van der Waals surface area contributed by atoms with Crippen LogP contribution in [-0.2, 0) is 0 Å². The molecule has 0 radical (unpaired) electrons. The number of hydrogen-bond donors (Lipinski definition) is 1. The Kier molecular flexibility index (Phi) is 3.95. The molecule has 0 fully saturated rings. The maximum Gasteiger partial charge on any atom is 0.0128 e. The van der Waals surface area contributed by atoms with Crippen LogP contribution in [0.15, 0.2) is 0 Å². The standard InChI is InChI=1S/C9H21N/c1-5-6-9(4,10)7-8(2)3/h8H,5-7,10H2,1-4H3. The van der Waals surface area contributed by atoms with Gasteiger partial charge < -0.3 is 5.73 Å². The SMILES string of the molecule is CCCC(C)(N)CC(C)C. The fourth-order valence-corrected chi connectivity index (χ4v) is 1.61. The fraction of sp³-hybridized carbons (Fsp3) is 1.00. The van der Waals surface area contributed by atoms with Crippen LogP contribution in [-0.4, -0.2) is 5.54 Å². The first-order chi connectivity index (χ1) is 4.48. The van der Waals surface area contributed by atoms with Crippen LogP contribution in [0.5, 0.6) is 0 Å². The summed E-state index contributed by atoms with van der Waals surface area (Å²) in [6.07, 6.45) is 3.48. The maximum atomic E-state index is 6.03. The van der Waals surface area contributed by atoms with Gasteiger partial charge in [0.1, 0.15) is 0 Å². The molecule has 0 saturated carbocycles. The Morgan fingerprint density at radius 3 is 2.20 bits per heavy atom. The Morgan fingerprint density at radius 1 is 1.40 bits per heavy atom. The van der Waals surface area contributed by atoms with E-state index in [1.54, 1.807) is 0 Å². The summed E-state index contributed by atoms with van der Waals surface area (Å²) in [4.78, 5) is 0. The Balaban J connectivity index is 3.63.